The molecular weight excluding hydrogens is 142 g/mol. The Bertz CT molecular complexity index is 75.7. The summed E-state index contributed by atoms with van der Waals surface area (Å²) in [5, 5.41) is 0. The molecule has 0 aliphatic carbocycles. The Morgan fingerprint density at radius 2 is 1.14 bits per heavy atom. The Balaban J connectivity index is 0. The SMILES string of the molecule is O=S([O-])S(=O)[O-].[NH4+]. The molecule has 0 aliphatic rings. The van der Waals surface area contributed by atoms with Crippen molar-refractivity contribution in [2.75, 3.05) is 0 Å². The molecule has 5 nitrogen and oxygen atoms in total. The van der Waals surface area contributed by atoms with Crippen molar-refractivity contribution in [1.82, 2.24) is 6.15 Å². The highest BCUT2D eigenvalue weighted by molar-refractivity contribution is 8.56. The smallest absolute Gasteiger partial charge is 0.0242 e. The third kappa shape index (κ3) is 6.18. The highest BCUT2D eigenvalue weighted by atomic mass is 33.2. The normalized spacial score (nSPS) is 16.9. The van der Waals surface area contributed by atoms with Crippen LogP contribution in [0.25, 0.3) is 0 Å². The van der Waals surface area contributed by atoms with Crippen LogP contribution in [0.15, 0.2) is 0 Å². The quantitative estimate of drug-likeness (QED) is 0.378. The largest absolute Gasteiger partial charge is 0.763 e. The van der Waals surface area contributed by atoms with Gasteiger partial charge in [-0.25, -0.2) is 0 Å². The minimum Gasteiger partial charge on any atom is -0.763 e. The van der Waals surface area contributed by atoms with E-state index in [1.165, 1.54) is 0 Å². The fourth-order valence-electron chi connectivity index (χ4n) is 0. The van der Waals surface area contributed by atoms with Gasteiger partial charge in [0.2, 0.25) is 0 Å². The monoisotopic (exact) mass is 146 g/mol. The molecule has 4 N–H and O–H groups in total. The molecule has 2 unspecified atom stereocenters. The topological polar surface area (TPSA) is 117 Å². The van der Waals surface area contributed by atoms with Crippen LogP contribution in [0.5, 0.6) is 0 Å². The van der Waals surface area contributed by atoms with Crippen LogP contribution in [-0.2, 0) is 20.2 Å². The van der Waals surface area contributed by atoms with Crippen LogP contribution in [0.3, 0.4) is 0 Å². The van der Waals surface area contributed by atoms with Crippen molar-refractivity contribution in [2.24, 2.45) is 0 Å². The highest BCUT2D eigenvalue weighted by Gasteiger charge is 1.69. The van der Waals surface area contributed by atoms with Crippen molar-refractivity contribution < 1.29 is 17.5 Å². The Morgan fingerprint density at radius 1 is 1.00 bits per heavy atom. The molecule has 7 heavy (non-hydrogen) atoms. The van der Waals surface area contributed by atoms with E-state index in [-0.39, 0.29) is 6.15 Å². The first-order chi connectivity index (χ1) is 2.64. The minimum absolute atomic E-state index is 0. The lowest BCUT2D eigenvalue weighted by molar-refractivity contribution is 0.520. The molecule has 0 aromatic heterocycles. The predicted molar refractivity (Wildman–Crippen MR) is 23.8 cm³/mol. The summed E-state index contributed by atoms with van der Waals surface area (Å²) in [5.74, 6) is 0. The number of hydrogen-bond donors (Lipinski definition) is 1. The molecule has 0 saturated carbocycles. The molecule has 0 radical (unpaired) electrons. The van der Waals surface area contributed by atoms with Gasteiger partial charge in [0.25, 0.3) is 0 Å². The van der Waals surface area contributed by atoms with Crippen molar-refractivity contribution in [3.63, 3.8) is 0 Å². The molecule has 0 aromatic rings. The second-order valence-electron chi connectivity index (χ2n) is 0.408. The maximum absolute atomic E-state index is 9.09. The van der Waals surface area contributed by atoms with E-state index >= 15 is 0 Å². The fourth-order valence-corrected chi connectivity index (χ4v) is 0. The summed E-state index contributed by atoms with van der Waals surface area (Å²) in [5.41, 5.74) is 0. The Hall–Kier alpha value is 0.180. The summed E-state index contributed by atoms with van der Waals surface area (Å²) >= 11 is 0. The number of rotatable bonds is 1. The maximum atomic E-state index is 9.09. The van der Waals surface area contributed by atoms with E-state index in [4.69, 9.17) is 17.5 Å². The second-order valence-corrected chi connectivity index (χ2v) is 2.86. The molecular formula is H4NO4S2-. The summed E-state index contributed by atoms with van der Waals surface area (Å²) < 4.78 is 36.3. The molecule has 0 fully saturated rings. The van der Waals surface area contributed by atoms with Gasteiger partial charge in [-0.3, -0.25) is 8.42 Å². The molecule has 0 rings (SSSR count). The molecule has 0 spiro atoms. The van der Waals surface area contributed by atoms with Crippen molar-refractivity contribution in [3.8, 4) is 0 Å². The third-order valence-corrected chi connectivity index (χ3v) is 1.00. The number of quaternary nitrogens is 1. The van der Waals surface area contributed by atoms with Crippen LogP contribution < -0.4 is 6.15 Å². The van der Waals surface area contributed by atoms with Crippen LogP contribution in [0, 0.1) is 0 Å². The van der Waals surface area contributed by atoms with E-state index in [2.05, 4.69) is 0 Å². The highest BCUT2D eigenvalue weighted by Crippen LogP contribution is 1.73. The zero-order chi connectivity index (χ0) is 5.15. The van der Waals surface area contributed by atoms with Crippen LogP contribution in [0.1, 0.15) is 0 Å². The first kappa shape index (κ1) is 10.2. The van der Waals surface area contributed by atoms with Crippen molar-refractivity contribution in [2.45, 2.75) is 0 Å². The van der Waals surface area contributed by atoms with Crippen molar-refractivity contribution in [3.05, 3.63) is 0 Å². The molecule has 2 atom stereocenters. The van der Waals surface area contributed by atoms with E-state index in [1.54, 1.807) is 0 Å². The maximum Gasteiger partial charge on any atom is 0.0242 e. The van der Waals surface area contributed by atoms with E-state index in [0.717, 1.165) is 0 Å². The predicted octanol–water partition coefficient (Wildman–Crippen LogP) is -0.964. The average molecular weight is 146 g/mol. The van der Waals surface area contributed by atoms with Crippen molar-refractivity contribution >= 4 is 20.2 Å². The molecule has 0 amide bonds. The molecule has 0 heterocycles. The molecule has 0 saturated heterocycles. The van der Waals surface area contributed by atoms with Crippen LogP contribution in [0.2, 0.25) is 0 Å². The molecule has 0 aromatic carbocycles. The van der Waals surface area contributed by atoms with Gasteiger partial charge in [-0.05, 0) is 0 Å². The summed E-state index contributed by atoms with van der Waals surface area (Å²) in [6, 6.07) is 0. The lowest BCUT2D eigenvalue weighted by Crippen LogP contribution is -1.94. The first-order valence-corrected chi connectivity index (χ1v) is 3.50. The van der Waals surface area contributed by atoms with E-state index in [1.807, 2.05) is 0 Å². The zero-order valence-electron chi connectivity index (χ0n) is 3.45. The van der Waals surface area contributed by atoms with Crippen LogP contribution in [0.4, 0.5) is 0 Å². The van der Waals surface area contributed by atoms with Gasteiger partial charge in [0, 0.05) is 20.2 Å². The molecule has 0 aliphatic heterocycles. The van der Waals surface area contributed by atoms with E-state index in [9.17, 15) is 0 Å². The summed E-state index contributed by atoms with van der Waals surface area (Å²) in [7, 11) is -5.90. The summed E-state index contributed by atoms with van der Waals surface area (Å²) in [4.78, 5) is 0. The van der Waals surface area contributed by atoms with E-state index < -0.39 is 20.2 Å². The van der Waals surface area contributed by atoms with E-state index in [0.29, 0.717) is 0 Å². The molecule has 46 valence electrons. The van der Waals surface area contributed by atoms with Crippen LogP contribution in [-0.4, -0.2) is 17.5 Å². The Kier molecular flexibility index (Phi) is 6.34. The lowest BCUT2D eigenvalue weighted by atomic mass is 14.0. The second kappa shape index (κ2) is 4.34. The van der Waals surface area contributed by atoms with Crippen LogP contribution >= 0.6 is 0 Å². The van der Waals surface area contributed by atoms with Crippen molar-refractivity contribution in [1.29, 1.82) is 0 Å². The lowest BCUT2D eigenvalue weighted by Gasteiger charge is -2.04. The zero-order valence-corrected chi connectivity index (χ0v) is 5.08. The van der Waals surface area contributed by atoms with Gasteiger partial charge in [0.1, 0.15) is 0 Å². The van der Waals surface area contributed by atoms with Gasteiger partial charge < -0.3 is 15.3 Å². The van der Waals surface area contributed by atoms with Gasteiger partial charge in [0.15, 0.2) is 0 Å². The Morgan fingerprint density at radius 3 is 1.14 bits per heavy atom. The fraction of sp³-hybridized carbons (Fsp3) is 0. The number of hydrogen-bond acceptors (Lipinski definition) is 4. The van der Waals surface area contributed by atoms with Gasteiger partial charge in [0.05, 0.1) is 0 Å². The Labute approximate surface area is 44.7 Å². The van der Waals surface area contributed by atoms with Gasteiger partial charge in [-0.2, -0.15) is 0 Å². The molecule has 0 bridgehead atoms. The van der Waals surface area contributed by atoms with Gasteiger partial charge >= 0.3 is 0 Å². The first-order valence-electron chi connectivity index (χ1n) is 0.833. The summed E-state index contributed by atoms with van der Waals surface area (Å²) in [6.07, 6.45) is 0. The van der Waals surface area contributed by atoms with Gasteiger partial charge in [-0.1, -0.05) is 0 Å². The minimum atomic E-state index is -2.95. The molecule has 7 heteroatoms. The van der Waals surface area contributed by atoms with Gasteiger partial charge in [-0.15, -0.1) is 0 Å². The third-order valence-electron chi connectivity index (χ3n) is 0.111. The average Bonchev–Trinajstić information content (AvgIpc) is 1.36. The summed E-state index contributed by atoms with van der Waals surface area (Å²) in [6.45, 7) is 0. The standard InChI is InChI=1S/H3N.H2O4S2/c;1-5(2)6(3)4/h1H3;(H,1,2)(H,3,4)/p-1.